The summed E-state index contributed by atoms with van der Waals surface area (Å²) < 4.78 is 0. The van der Waals surface area contributed by atoms with Crippen LogP contribution in [0.5, 0.6) is 0 Å². The van der Waals surface area contributed by atoms with Gasteiger partial charge in [0.2, 0.25) is 0 Å². The zero-order valence-electron chi connectivity index (χ0n) is 7.78. The van der Waals surface area contributed by atoms with E-state index in [1.807, 2.05) is 18.5 Å². The first-order valence-electron chi connectivity index (χ1n) is 5.01. The van der Waals surface area contributed by atoms with Crippen LogP contribution in [0, 0.1) is 11.8 Å². The number of hydrogen-bond acceptors (Lipinski definition) is 3. The van der Waals surface area contributed by atoms with E-state index in [0.29, 0.717) is 11.8 Å². The van der Waals surface area contributed by atoms with Crippen LogP contribution in [-0.4, -0.2) is 24.6 Å². The van der Waals surface area contributed by atoms with Gasteiger partial charge in [-0.05, 0) is 6.42 Å². The lowest BCUT2D eigenvalue weighted by atomic mass is 9.80. The van der Waals surface area contributed by atoms with Crippen molar-refractivity contribution in [3.05, 3.63) is 24.3 Å². The normalized spacial score (nSPS) is 42.9. The summed E-state index contributed by atoms with van der Waals surface area (Å²) in [6, 6.07) is 0.259. The van der Waals surface area contributed by atoms with Gasteiger partial charge in [-0.2, -0.15) is 0 Å². The molecule has 0 aromatic rings. The number of allylic oxidation sites excluding steroid dienone is 2. The Morgan fingerprint density at radius 3 is 3.14 bits per heavy atom. The SMILES string of the molecule is C1=CC2N=CC3CC=NOC3C2C=C1. The van der Waals surface area contributed by atoms with E-state index in [2.05, 4.69) is 28.4 Å². The Morgan fingerprint density at radius 1 is 1.21 bits per heavy atom. The van der Waals surface area contributed by atoms with Gasteiger partial charge in [0.05, 0.1) is 6.04 Å². The van der Waals surface area contributed by atoms with Crippen molar-refractivity contribution in [3.8, 4) is 0 Å². The lowest BCUT2D eigenvalue weighted by molar-refractivity contribution is -0.00704. The molecule has 0 saturated heterocycles. The molecule has 3 aliphatic rings. The minimum absolute atomic E-state index is 0.184. The highest BCUT2D eigenvalue weighted by atomic mass is 16.6. The van der Waals surface area contributed by atoms with Crippen LogP contribution in [-0.2, 0) is 4.84 Å². The monoisotopic (exact) mass is 188 g/mol. The highest BCUT2D eigenvalue weighted by Gasteiger charge is 2.38. The fourth-order valence-corrected chi connectivity index (χ4v) is 2.27. The zero-order chi connectivity index (χ0) is 9.38. The van der Waals surface area contributed by atoms with Crippen molar-refractivity contribution < 1.29 is 4.84 Å². The van der Waals surface area contributed by atoms with E-state index in [4.69, 9.17) is 4.84 Å². The van der Waals surface area contributed by atoms with Gasteiger partial charge < -0.3 is 4.84 Å². The van der Waals surface area contributed by atoms with Gasteiger partial charge in [-0.15, -0.1) is 0 Å². The van der Waals surface area contributed by atoms with Crippen molar-refractivity contribution in [1.82, 2.24) is 0 Å². The quantitative estimate of drug-likeness (QED) is 0.568. The second kappa shape index (κ2) is 3.08. The van der Waals surface area contributed by atoms with Crippen LogP contribution in [0.3, 0.4) is 0 Å². The van der Waals surface area contributed by atoms with E-state index in [0.717, 1.165) is 6.42 Å². The Hall–Kier alpha value is -1.38. The molecule has 14 heavy (non-hydrogen) atoms. The molecular formula is C11H12N2O. The molecule has 3 nitrogen and oxygen atoms in total. The predicted molar refractivity (Wildman–Crippen MR) is 55.5 cm³/mol. The summed E-state index contributed by atoms with van der Waals surface area (Å²) in [5.74, 6) is 0.775. The van der Waals surface area contributed by atoms with E-state index in [9.17, 15) is 0 Å². The molecule has 4 atom stereocenters. The first kappa shape index (κ1) is 7.97. The van der Waals surface area contributed by atoms with Gasteiger partial charge in [-0.1, -0.05) is 29.5 Å². The van der Waals surface area contributed by atoms with Crippen LogP contribution < -0.4 is 0 Å². The molecule has 0 N–H and O–H groups in total. The van der Waals surface area contributed by atoms with Gasteiger partial charge in [-0.3, -0.25) is 4.99 Å². The van der Waals surface area contributed by atoms with Crippen molar-refractivity contribution in [2.75, 3.05) is 0 Å². The summed E-state index contributed by atoms with van der Waals surface area (Å²) in [6.45, 7) is 0. The molecule has 1 aliphatic carbocycles. The van der Waals surface area contributed by atoms with E-state index in [1.165, 1.54) is 0 Å². The average molecular weight is 188 g/mol. The molecule has 0 amide bonds. The number of nitrogens with zero attached hydrogens (tertiary/aromatic N) is 2. The minimum atomic E-state index is 0.184. The molecule has 0 aromatic carbocycles. The second-order valence-electron chi connectivity index (χ2n) is 3.89. The zero-order valence-corrected chi connectivity index (χ0v) is 7.78. The predicted octanol–water partition coefficient (Wildman–Crippen LogP) is 1.57. The van der Waals surface area contributed by atoms with Crippen molar-refractivity contribution >= 4 is 12.4 Å². The van der Waals surface area contributed by atoms with Gasteiger partial charge in [0.1, 0.15) is 6.10 Å². The molecule has 0 aromatic heterocycles. The van der Waals surface area contributed by atoms with Crippen molar-refractivity contribution in [1.29, 1.82) is 0 Å². The molecule has 0 spiro atoms. The van der Waals surface area contributed by atoms with Gasteiger partial charge in [-0.25, -0.2) is 0 Å². The average Bonchev–Trinajstić information content (AvgIpc) is 2.29. The van der Waals surface area contributed by atoms with Crippen LogP contribution >= 0.6 is 0 Å². The van der Waals surface area contributed by atoms with E-state index < -0.39 is 0 Å². The molecule has 72 valence electrons. The minimum Gasteiger partial charge on any atom is -0.391 e. The lowest BCUT2D eigenvalue weighted by Gasteiger charge is -2.36. The highest BCUT2D eigenvalue weighted by molar-refractivity contribution is 5.71. The first-order chi connectivity index (χ1) is 6.95. The Bertz CT molecular complexity index is 343. The van der Waals surface area contributed by atoms with Crippen molar-refractivity contribution in [3.63, 3.8) is 0 Å². The number of fused-ring (bicyclic) bond motifs is 3. The summed E-state index contributed by atoms with van der Waals surface area (Å²) in [5, 5.41) is 3.91. The Morgan fingerprint density at radius 2 is 2.14 bits per heavy atom. The standard InChI is InChI=1S/C11H12N2O/c1-2-4-10-9(3-1)11-8(7-12-10)5-6-13-14-11/h1-4,6-11H,5H2. The van der Waals surface area contributed by atoms with E-state index >= 15 is 0 Å². The van der Waals surface area contributed by atoms with Gasteiger partial charge in [0.25, 0.3) is 0 Å². The fourth-order valence-electron chi connectivity index (χ4n) is 2.27. The molecule has 0 radical (unpaired) electrons. The molecule has 0 saturated carbocycles. The van der Waals surface area contributed by atoms with Gasteiger partial charge in [0.15, 0.2) is 0 Å². The maximum atomic E-state index is 5.44. The fraction of sp³-hybridized carbons (Fsp3) is 0.455. The van der Waals surface area contributed by atoms with Gasteiger partial charge >= 0.3 is 0 Å². The topological polar surface area (TPSA) is 34.0 Å². The molecule has 0 fully saturated rings. The molecule has 4 unspecified atom stereocenters. The first-order valence-corrected chi connectivity index (χ1v) is 5.01. The molecule has 2 heterocycles. The molecule has 0 bridgehead atoms. The van der Waals surface area contributed by atoms with Gasteiger partial charge in [0, 0.05) is 24.3 Å². The smallest absolute Gasteiger partial charge is 0.144 e. The summed E-state index contributed by atoms with van der Waals surface area (Å²) in [6.07, 6.45) is 13.4. The third kappa shape index (κ3) is 1.12. The van der Waals surface area contributed by atoms with Crippen molar-refractivity contribution in [2.24, 2.45) is 22.0 Å². The number of hydrogen-bond donors (Lipinski definition) is 0. The van der Waals surface area contributed by atoms with Crippen molar-refractivity contribution in [2.45, 2.75) is 18.6 Å². The van der Waals surface area contributed by atoms with Crippen LogP contribution in [0.4, 0.5) is 0 Å². The Labute approximate surface area is 82.9 Å². The van der Waals surface area contributed by atoms with Crippen LogP contribution in [0.15, 0.2) is 34.5 Å². The summed E-state index contributed by atoms with van der Waals surface area (Å²) in [5.41, 5.74) is 0. The molecular weight excluding hydrogens is 176 g/mol. The van der Waals surface area contributed by atoms with Crippen LogP contribution in [0.2, 0.25) is 0 Å². The summed E-state index contributed by atoms with van der Waals surface area (Å²) >= 11 is 0. The van der Waals surface area contributed by atoms with E-state index in [-0.39, 0.29) is 12.1 Å². The number of aliphatic imine (C=N–C) groups is 1. The largest absolute Gasteiger partial charge is 0.391 e. The lowest BCUT2D eigenvalue weighted by Crippen LogP contribution is -2.42. The maximum absolute atomic E-state index is 5.44. The summed E-state index contributed by atoms with van der Waals surface area (Å²) in [7, 11) is 0. The molecule has 3 heteroatoms. The second-order valence-corrected chi connectivity index (χ2v) is 3.89. The number of oxime groups is 1. The maximum Gasteiger partial charge on any atom is 0.144 e. The van der Waals surface area contributed by atoms with Crippen LogP contribution in [0.1, 0.15) is 6.42 Å². The number of rotatable bonds is 0. The van der Waals surface area contributed by atoms with E-state index in [1.54, 1.807) is 0 Å². The molecule has 2 aliphatic heterocycles. The van der Waals surface area contributed by atoms with Crippen LogP contribution in [0.25, 0.3) is 0 Å². The summed E-state index contributed by atoms with van der Waals surface area (Å²) in [4.78, 5) is 9.98. The Balaban J connectivity index is 1.94. The third-order valence-corrected chi connectivity index (χ3v) is 3.03. The Kier molecular flexibility index (Phi) is 1.76. The highest BCUT2D eigenvalue weighted by Crippen LogP contribution is 2.32. The molecule has 3 rings (SSSR count). The third-order valence-electron chi connectivity index (χ3n) is 3.03.